The Bertz CT molecular complexity index is 810. The monoisotopic (exact) mass is 353 g/mol. The minimum absolute atomic E-state index is 0.0998. The number of aromatic nitrogens is 2. The van der Waals surface area contributed by atoms with E-state index >= 15 is 0 Å². The van der Waals surface area contributed by atoms with Gasteiger partial charge in [-0.2, -0.15) is 5.26 Å². The number of nitrogens with two attached hydrogens (primary N) is 1. The minimum Gasteiger partial charge on any atom is -0.369 e. The summed E-state index contributed by atoms with van der Waals surface area (Å²) in [6, 6.07) is 11.9. The molecule has 3 rings (SSSR count). The Labute approximate surface area is 151 Å². The third-order valence-corrected chi connectivity index (χ3v) is 4.96. The van der Waals surface area contributed by atoms with Gasteiger partial charge >= 0.3 is 0 Å². The topological polar surface area (TPSA) is 95.9 Å². The van der Waals surface area contributed by atoms with Crippen molar-refractivity contribution in [2.75, 3.05) is 24.2 Å². The average molecular weight is 353 g/mol. The van der Waals surface area contributed by atoms with Crippen molar-refractivity contribution >= 4 is 23.5 Å². The molecule has 25 heavy (non-hydrogen) atoms. The molecule has 2 heterocycles. The highest BCUT2D eigenvalue weighted by Gasteiger charge is 2.27. The van der Waals surface area contributed by atoms with E-state index in [0.717, 1.165) is 5.56 Å². The van der Waals surface area contributed by atoms with E-state index in [9.17, 15) is 10.1 Å². The molecule has 1 aromatic heterocycles. The fourth-order valence-corrected chi connectivity index (χ4v) is 3.39. The van der Waals surface area contributed by atoms with Crippen LogP contribution < -0.4 is 10.6 Å². The highest BCUT2D eigenvalue weighted by Crippen LogP contribution is 2.32. The Kier molecular flexibility index (Phi) is 5.19. The fourth-order valence-electron chi connectivity index (χ4n) is 3.03. The fraction of sp³-hybridized carbons (Fsp3) is 0.333. The number of carbonyl (C=O) groups is 1. The molecule has 6 nitrogen and oxygen atoms in total. The quantitative estimate of drug-likeness (QED) is 0.670. The third kappa shape index (κ3) is 3.59. The van der Waals surface area contributed by atoms with Gasteiger partial charge in [0.05, 0.1) is 5.69 Å². The summed E-state index contributed by atoms with van der Waals surface area (Å²) in [5.41, 5.74) is 7.43. The summed E-state index contributed by atoms with van der Waals surface area (Å²) in [6.07, 6.45) is 3.28. The van der Waals surface area contributed by atoms with Crippen LogP contribution in [0, 0.1) is 17.2 Å². The van der Waals surface area contributed by atoms with Crippen LogP contribution in [-0.4, -0.2) is 35.2 Å². The number of carbonyl (C=O) groups excluding carboxylic acids is 1. The lowest BCUT2D eigenvalue weighted by atomic mass is 9.96. The first-order valence-electron chi connectivity index (χ1n) is 8.10. The van der Waals surface area contributed by atoms with E-state index in [-0.39, 0.29) is 11.8 Å². The maximum absolute atomic E-state index is 11.4. The largest absolute Gasteiger partial charge is 0.369 e. The van der Waals surface area contributed by atoms with Crippen molar-refractivity contribution in [2.24, 2.45) is 11.7 Å². The van der Waals surface area contributed by atoms with Gasteiger partial charge in [-0.3, -0.25) is 4.79 Å². The van der Waals surface area contributed by atoms with Crippen molar-refractivity contribution in [3.05, 3.63) is 35.9 Å². The first-order valence-corrected chi connectivity index (χ1v) is 9.32. The molecule has 0 bridgehead atoms. The van der Waals surface area contributed by atoms with Gasteiger partial charge in [-0.05, 0) is 19.1 Å². The second kappa shape index (κ2) is 7.53. The summed E-state index contributed by atoms with van der Waals surface area (Å²) in [5, 5.41) is 10.4. The summed E-state index contributed by atoms with van der Waals surface area (Å²) in [7, 11) is 0. The summed E-state index contributed by atoms with van der Waals surface area (Å²) < 4.78 is 0. The predicted molar refractivity (Wildman–Crippen MR) is 98.1 cm³/mol. The first kappa shape index (κ1) is 17.2. The number of primary amides is 1. The highest BCUT2D eigenvalue weighted by atomic mass is 32.2. The molecule has 2 aromatic rings. The molecule has 0 radical (unpaired) electrons. The number of benzene rings is 1. The normalized spacial score (nSPS) is 15.0. The Morgan fingerprint density at radius 3 is 2.52 bits per heavy atom. The van der Waals surface area contributed by atoms with Crippen molar-refractivity contribution in [3.63, 3.8) is 0 Å². The molecule has 7 heteroatoms. The van der Waals surface area contributed by atoms with Crippen LogP contribution in [0.1, 0.15) is 18.4 Å². The number of piperidine rings is 1. The van der Waals surface area contributed by atoms with E-state index in [1.165, 1.54) is 11.8 Å². The molecule has 128 valence electrons. The summed E-state index contributed by atoms with van der Waals surface area (Å²) in [6.45, 7) is 1.31. The number of rotatable bonds is 4. The Morgan fingerprint density at radius 2 is 1.96 bits per heavy atom. The molecule has 0 aliphatic carbocycles. The van der Waals surface area contributed by atoms with Crippen LogP contribution >= 0.6 is 11.8 Å². The second-order valence-corrected chi connectivity index (χ2v) is 6.67. The number of thioether (sulfide) groups is 1. The summed E-state index contributed by atoms with van der Waals surface area (Å²) in [5.74, 6) is 0.290. The Morgan fingerprint density at radius 1 is 1.28 bits per heavy atom. The molecule has 0 saturated carbocycles. The van der Waals surface area contributed by atoms with E-state index in [0.29, 0.717) is 48.2 Å². The van der Waals surface area contributed by atoms with Gasteiger partial charge < -0.3 is 10.6 Å². The highest BCUT2D eigenvalue weighted by molar-refractivity contribution is 7.98. The number of nitriles is 1. The predicted octanol–water partition coefficient (Wildman–Crippen LogP) is 2.44. The second-order valence-electron chi connectivity index (χ2n) is 5.90. The van der Waals surface area contributed by atoms with E-state index in [4.69, 9.17) is 5.73 Å². The Balaban J connectivity index is 2.02. The number of hydrogen-bond donors (Lipinski definition) is 1. The summed E-state index contributed by atoms with van der Waals surface area (Å²) in [4.78, 5) is 22.6. The lowest BCUT2D eigenvalue weighted by Crippen LogP contribution is -2.39. The maximum atomic E-state index is 11.4. The number of nitrogens with zero attached hydrogens (tertiary/aromatic N) is 4. The van der Waals surface area contributed by atoms with Crippen LogP contribution in [0.3, 0.4) is 0 Å². The summed E-state index contributed by atoms with van der Waals surface area (Å²) >= 11 is 1.45. The van der Waals surface area contributed by atoms with Crippen LogP contribution in [-0.2, 0) is 4.79 Å². The van der Waals surface area contributed by atoms with Gasteiger partial charge in [0.1, 0.15) is 11.6 Å². The van der Waals surface area contributed by atoms with Crippen LogP contribution in [0.4, 0.5) is 5.82 Å². The van der Waals surface area contributed by atoms with Crippen molar-refractivity contribution < 1.29 is 4.79 Å². The molecule has 1 saturated heterocycles. The van der Waals surface area contributed by atoms with E-state index in [1.54, 1.807) is 0 Å². The van der Waals surface area contributed by atoms with E-state index < -0.39 is 0 Å². The van der Waals surface area contributed by atoms with Gasteiger partial charge in [-0.1, -0.05) is 42.1 Å². The van der Waals surface area contributed by atoms with Gasteiger partial charge in [0.15, 0.2) is 11.0 Å². The first-order chi connectivity index (χ1) is 12.1. The number of hydrogen-bond acceptors (Lipinski definition) is 6. The molecule has 2 N–H and O–H groups in total. The molecular weight excluding hydrogens is 334 g/mol. The van der Waals surface area contributed by atoms with E-state index in [1.807, 2.05) is 36.6 Å². The van der Waals surface area contributed by atoms with Gasteiger partial charge in [-0.15, -0.1) is 0 Å². The van der Waals surface area contributed by atoms with Crippen molar-refractivity contribution in [2.45, 2.75) is 18.0 Å². The van der Waals surface area contributed by atoms with E-state index in [2.05, 4.69) is 20.9 Å². The third-order valence-electron chi connectivity index (χ3n) is 4.41. The number of amides is 1. The molecule has 1 fully saturated rings. The number of anilines is 1. The zero-order valence-electron chi connectivity index (χ0n) is 14.0. The average Bonchev–Trinajstić information content (AvgIpc) is 2.67. The van der Waals surface area contributed by atoms with Crippen molar-refractivity contribution in [3.8, 4) is 17.3 Å². The molecule has 0 unspecified atom stereocenters. The Hall–Kier alpha value is -2.59. The molecular formula is C18H19N5OS. The molecule has 1 amide bonds. The molecule has 1 aromatic carbocycles. The van der Waals surface area contributed by atoms with Crippen LogP contribution in [0.15, 0.2) is 35.5 Å². The molecule has 0 spiro atoms. The van der Waals surface area contributed by atoms with Gasteiger partial charge in [0.25, 0.3) is 0 Å². The van der Waals surface area contributed by atoms with Gasteiger partial charge in [0, 0.05) is 24.6 Å². The van der Waals surface area contributed by atoms with Crippen molar-refractivity contribution in [1.82, 2.24) is 9.97 Å². The van der Waals surface area contributed by atoms with Crippen LogP contribution in [0.25, 0.3) is 11.3 Å². The van der Waals surface area contributed by atoms with Gasteiger partial charge in [0.2, 0.25) is 5.91 Å². The minimum atomic E-state index is -0.252. The van der Waals surface area contributed by atoms with Crippen molar-refractivity contribution in [1.29, 1.82) is 5.26 Å². The van der Waals surface area contributed by atoms with Crippen LogP contribution in [0.2, 0.25) is 0 Å². The maximum Gasteiger partial charge on any atom is 0.220 e. The molecule has 0 atom stereocenters. The zero-order chi connectivity index (χ0) is 17.8. The lowest BCUT2D eigenvalue weighted by Gasteiger charge is -2.32. The molecule has 1 aliphatic heterocycles. The van der Waals surface area contributed by atoms with Crippen LogP contribution in [0.5, 0.6) is 0 Å². The SMILES string of the molecule is CSc1nc(-c2ccccc2)c(C#N)c(N2CCC(C(N)=O)CC2)n1. The zero-order valence-corrected chi connectivity index (χ0v) is 14.8. The standard InChI is InChI=1S/C18H19N5OS/c1-25-18-21-15(12-5-3-2-4-6-12)14(11-19)17(22-18)23-9-7-13(8-10-23)16(20)24/h2-6,13H,7-10H2,1H3,(H2,20,24). The van der Waals surface area contributed by atoms with Gasteiger partial charge in [-0.25, -0.2) is 9.97 Å². The molecule has 1 aliphatic rings. The smallest absolute Gasteiger partial charge is 0.220 e. The lowest BCUT2D eigenvalue weighted by molar-refractivity contribution is -0.122.